The van der Waals surface area contributed by atoms with Gasteiger partial charge >= 0.3 is 6.18 Å². The van der Waals surface area contributed by atoms with Crippen LogP contribution in [0.3, 0.4) is 0 Å². The van der Waals surface area contributed by atoms with Gasteiger partial charge in [-0.1, -0.05) is 23.2 Å². The third kappa shape index (κ3) is 5.22. The van der Waals surface area contributed by atoms with Gasteiger partial charge in [0.15, 0.2) is 0 Å². The molecule has 19 heavy (non-hydrogen) atoms. The zero-order valence-corrected chi connectivity index (χ0v) is 10.9. The minimum absolute atomic E-state index is 0.105. The van der Waals surface area contributed by atoms with Gasteiger partial charge in [0.2, 0.25) is 0 Å². The SMILES string of the molecule is O=C(c1cc(Cl)nc(Cl)c1)N(CCO)CC(F)(F)F. The fourth-order valence-corrected chi connectivity index (χ4v) is 1.82. The molecule has 4 nitrogen and oxygen atoms in total. The van der Waals surface area contributed by atoms with Gasteiger partial charge in [-0.25, -0.2) is 4.98 Å². The van der Waals surface area contributed by atoms with E-state index in [9.17, 15) is 18.0 Å². The van der Waals surface area contributed by atoms with E-state index in [0.717, 1.165) is 12.1 Å². The number of rotatable bonds is 4. The molecule has 0 aromatic carbocycles. The maximum absolute atomic E-state index is 12.3. The highest BCUT2D eigenvalue weighted by atomic mass is 35.5. The van der Waals surface area contributed by atoms with Crippen molar-refractivity contribution in [2.45, 2.75) is 6.18 Å². The molecule has 0 saturated carbocycles. The van der Waals surface area contributed by atoms with Crippen molar-refractivity contribution in [1.82, 2.24) is 9.88 Å². The Labute approximate surface area is 116 Å². The second-order valence-corrected chi connectivity index (χ2v) is 4.34. The number of aliphatic hydroxyl groups is 1. The van der Waals surface area contributed by atoms with E-state index in [1.807, 2.05) is 0 Å². The van der Waals surface area contributed by atoms with Crippen LogP contribution in [0.25, 0.3) is 0 Å². The number of nitrogens with zero attached hydrogens (tertiary/aromatic N) is 2. The third-order valence-electron chi connectivity index (χ3n) is 2.04. The highest BCUT2D eigenvalue weighted by Gasteiger charge is 2.33. The Hall–Kier alpha value is -1.05. The van der Waals surface area contributed by atoms with Gasteiger partial charge in [0.05, 0.1) is 6.61 Å². The summed E-state index contributed by atoms with van der Waals surface area (Å²) in [6.07, 6.45) is -4.56. The molecule has 0 aliphatic rings. The Bertz CT molecular complexity index is 448. The second-order valence-electron chi connectivity index (χ2n) is 3.57. The Morgan fingerprint density at radius 3 is 2.26 bits per heavy atom. The summed E-state index contributed by atoms with van der Waals surface area (Å²) >= 11 is 11.1. The first-order valence-electron chi connectivity index (χ1n) is 5.03. The summed E-state index contributed by atoms with van der Waals surface area (Å²) < 4.78 is 37.0. The fourth-order valence-electron chi connectivity index (χ4n) is 1.36. The predicted octanol–water partition coefficient (Wildman–Crippen LogP) is 2.39. The van der Waals surface area contributed by atoms with Gasteiger partial charge in [-0.05, 0) is 12.1 Å². The van der Waals surface area contributed by atoms with E-state index < -0.39 is 31.8 Å². The number of carbonyl (C=O) groups excluding carboxylic acids is 1. The van der Waals surface area contributed by atoms with Crippen LogP contribution in [-0.2, 0) is 0 Å². The van der Waals surface area contributed by atoms with Gasteiger partial charge in [0.25, 0.3) is 5.91 Å². The first kappa shape index (κ1) is 16.0. The molecule has 1 heterocycles. The molecule has 0 radical (unpaired) electrons. The van der Waals surface area contributed by atoms with Crippen molar-refractivity contribution >= 4 is 29.1 Å². The van der Waals surface area contributed by atoms with Gasteiger partial charge in [-0.2, -0.15) is 13.2 Å². The van der Waals surface area contributed by atoms with E-state index in [1.165, 1.54) is 0 Å². The smallest absolute Gasteiger partial charge is 0.395 e. The normalized spacial score (nSPS) is 11.5. The minimum Gasteiger partial charge on any atom is -0.395 e. The zero-order chi connectivity index (χ0) is 14.6. The molecule has 0 saturated heterocycles. The number of pyridine rings is 1. The van der Waals surface area contributed by atoms with E-state index in [0.29, 0.717) is 4.90 Å². The van der Waals surface area contributed by atoms with E-state index in [-0.39, 0.29) is 15.9 Å². The summed E-state index contributed by atoms with van der Waals surface area (Å²) in [5, 5.41) is 8.50. The lowest BCUT2D eigenvalue weighted by Gasteiger charge is -2.23. The van der Waals surface area contributed by atoms with Crippen molar-refractivity contribution in [1.29, 1.82) is 0 Å². The summed E-state index contributed by atoms with van der Waals surface area (Å²) in [5.41, 5.74) is -0.122. The van der Waals surface area contributed by atoms with Crippen molar-refractivity contribution in [2.24, 2.45) is 0 Å². The topological polar surface area (TPSA) is 53.4 Å². The first-order valence-corrected chi connectivity index (χ1v) is 5.78. The molecular formula is C10H9Cl2F3N2O2. The molecule has 1 aromatic rings. The number of aromatic nitrogens is 1. The van der Waals surface area contributed by atoms with Gasteiger partial charge in [-0.3, -0.25) is 4.79 Å². The molecule has 0 aliphatic carbocycles. The average molecular weight is 317 g/mol. The average Bonchev–Trinajstić information content (AvgIpc) is 2.24. The molecule has 0 spiro atoms. The van der Waals surface area contributed by atoms with Crippen LogP contribution in [0.15, 0.2) is 12.1 Å². The molecule has 0 atom stereocenters. The Morgan fingerprint density at radius 1 is 1.32 bits per heavy atom. The van der Waals surface area contributed by atoms with E-state index in [2.05, 4.69) is 4.98 Å². The molecule has 0 aliphatic heterocycles. The zero-order valence-electron chi connectivity index (χ0n) is 9.42. The van der Waals surface area contributed by atoms with Crippen molar-refractivity contribution in [3.8, 4) is 0 Å². The Morgan fingerprint density at radius 2 is 1.84 bits per heavy atom. The summed E-state index contributed by atoms with van der Waals surface area (Å²) in [6.45, 7) is -2.51. The van der Waals surface area contributed by atoms with Crippen LogP contribution in [0.2, 0.25) is 10.3 Å². The lowest BCUT2D eigenvalue weighted by atomic mass is 10.2. The van der Waals surface area contributed by atoms with Gasteiger partial charge in [0.1, 0.15) is 16.9 Å². The van der Waals surface area contributed by atoms with Crippen molar-refractivity contribution in [2.75, 3.05) is 19.7 Å². The minimum atomic E-state index is -4.56. The monoisotopic (exact) mass is 316 g/mol. The number of carbonyl (C=O) groups is 1. The van der Waals surface area contributed by atoms with E-state index in [4.69, 9.17) is 28.3 Å². The van der Waals surface area contributed by atoms with Crippen molar-refractivity contribution in [3.63, 3.8) is 0 Å². The molecular weight excluding hydrogens is 308 g/mol. The van der Waals surface area contributed by atoms with Gasteiger partial charge < -0.3 is 10.0 Å². The molecule has 0 fully saturated rings. The largest absolute Gasteiger partial charge is 0.406 e. The summed E-state index contributed by atoms with van der Waals surface area (Å²) in [5.74, 6) is -0.933. The van der Waals surface area contributed by atoms with Crippen LogP contribution in [0, 0.1) is 0 Å². The first-order chi connectivity index (χ1) is 8.73. The number of alkyl halides is 3. The number of halogens is 5. The molecule has 1 amide bonds. The number of hydrogen-bond acceptors (Lipinski definition) is 3. The maximum Gasteiger partial charge on any atom is 0.406 e. The van der Waals surface area contributed by atoms with Gasteiger partial charge in [-0.15, -0.1) is 0 Å². The number of amides is 1. The molecule has 1 rings (SSSR count). The summed E-state index contributed by atoms with van der Waals surface area (Å²) in [7, 11) is 0. The number of aliphatic hydroxyl groups excluding tert-OH is 1. The maximum atomic E-state index is 12.3. The quantitative estimate of drug-likeness (QED) is 0.868. The molecule has 0 bridgehead atoms. The van der Waals surface area contributed by atoms with E-state index in [1.54, 1.807) is 0 Å². The van der Waals surface area contributed by atoms with Crippen LogP contribution < -0.4 is 0 Å². The highest BCUT2D eigenvalue weighted by Crippen LogP contribution is 2.20. The Balaban J connectivity index is 2.98. The number of hydrogen-bond donors (Lipinski definition) is 1. The molecule has 106 valence electrons. The van der Waals surface area contributed by atoms with Crippen LogP contribution in [0.4, 0.5) is 13.2 Å². The lowest BCUT2D eigenvalue weighted by Crippen LogP contribution is -2.40. The standard InChI is InChI=1S/C10H9Cl2F3N2O2/c11-7-3-6(4-8(12)16-7)9(19)17(1-2-18)5-10(13,14)15/h3-4,18H,1-2,5H2. The van der Waals surface area contributed by atoms with Crippen LogP contribution in [-0.4, -0.2) is 46.8 Å². The fraction of sp³-hybridized carbons (Fsp3) is 0.400. The van der Waals surface area contributed by atoms with Crippen molar-refractivity contribution < 1.29 is 23.1 Å². The summed E-state index contributed by atoms with van der Waals surface area (Å²) in [4.78, 5) is 15.9. The molecule has 1 aromatic heterocycles. The molecule has 1 N–H and O–H groups in total. The van der Waals surface area contributed by atoms with Crippen LogP contribution >= 0.6 is 23.2 Å². The van der Waals surface area contributed by atoms with Crippen LogP contribution in [0.1, 0.15) is 10.4 Å². The van der Waals surface area contributed by atoms with Gasteiger partial charge in [0, 0.05) is 12.1 Å². The lowest BCUT2D eigenvalue weighted by molar-refractivity contribution is -0.141. The third-order valence-corrected chi connectivity index (χ3v) is 2.42. The summed E-state index contributed by atoms with van der Waals surface area (Å²) in [6, 6.07) is 2.22. The highest BCUT2D eigenvalue weighted by molar-refractivity contribution is 6.33. The second kappa shape index (κ2) is 6.40. The molecule has 0 unspecified atom stereocenters. The van der Waals surface area contributed by atoms with Crippen molar-refractivity contribution in [3.05, 3.63) is 28.0 Å². The predicted molar refractivity (Wildman–Crippen MR) is 63.3 cm³/mol. The van der Waals surface area contributed by atoms with Crippen LogP contribution in [0.5, 0.6) is 0 Å². The molecule has 9 heteroatoms. The van der Waals surface area contributed by atoms with E-state index >= 15 is 0 Å². The Kier molecular flexibility index (Phi) is 5.39.